The highest BCUT2D eigenvalue weighted by Crippen LogP contribution is 2.30. The summed E-state index contributed by atoms with van der Waals surface area (Å²) in [5, 5.41) is 0.482. The Hall–Kier alpha value is -2.76. The molecule has 0 bridgehead atoms. The standard InChI is InChI=1S/C26H29Cl2FN6O3/c27-18-5-4-17(20(29)12-18)15-38-23-3-1-2-21(31-23)16-6-9-34(10-7-16)14-22-32-25(28)24(26(36)33-30)35(22)13-19-8-11-37-19/h1-5,12,16,19H,6-11,13-15,30H2,(H,33,36)/t19-/m0/s1. The number of pyridine rings is 1. The number of carbonyl (C=O) groups is 1. The number of nitrogens with zero attached hydrogens (tertiary/aromatic N) is 4. The topological polar surface area (TPSA) is 108 Å². The summed E-state index contributed by atoms with van der Waals surface area (Å²) in [6.07, 6.45) is 2.76. The normalized spacial score (nSPS) is 18.3. The third-order valence-corrected chi connectivity index (χ3v) is 7.54. The van der Waals surface area contributed by atoms with Gasteiger partial charge in [0.15, 0.2) is 5.15 Å². The smallest absolute Gasteiger partial charge is 0.285 e. The molecule has 3 N–H and O–H groups in total. The molecule has 2 aromatic heterocycles. The van der Waals surface area contributed by atoms with Crippen molar-refractivity contribution in [2.75, 3.05) is 19.7 Å². The minimum atomic E-state index is -0.473. The van der Waals surface area contributed by atoms with E-state index in [1.54, 1.807) is 18.2 Å². The molecule has 202 valence electrons. The molecule has 5 rings (SSSR count). The van der Waals surface area contributed by atoms with E-state index >= 15 is 0 Å². The number of nitrogen functional groups attached to an aromatic ring is 1. The van der Waals surface area contributed by atoms with Crippen LogP contribution < -0.4 is 16.0 Å². The molecule has 2 fully saturated rings. The average molecular weight is 563 g/mol. The number of ether oxygens (including phenoxy) is 2. The lowest BCUT2D eigenvalue weighted by atomic mass is 9.93. The van der Waals surface area contributed by atoms with E-state index < -0.39 is 11.7 Å². The number of hydrazine groups is 1. The van der Waals surface area contributed by atoms with E-state index in [4.69, 9.17) is 38.5 Å². The Morgan fingerprint density at radius 2 is 1.97 bits per heavy atom. The van der Waals surface area contributed by atoms with E-state index in [9.17, 15) is 9.18 Å². The van der Waals surface area contributed by atoms with Crippen molar-refractivity contribution in [3.05, 3.63) is 75.2 Å². The summed E-state index contributed by atoms with van der Waals surface area (Å²) < 4.78 is 27.2. The number of halogens is 3. The number of benzene rings is 1. The Bertz CT molecular complexity index is 1290. The van der Waals surface area contributed by atoms with Crippen molar-refractivity contribution in [1.82, 2.24) is 24.9 Å². The van der Waals surface area contributed by atoms with Crippen LogP contribution in [0, 0.1) is 5.82 Å². The number of hydrogen-bond donors (Lipinski definition) is 2. The number of likely N-dealkylation sites (tertiary alicyclic amines) is 1. The van der Waals surface area contributed by atoms with Gasteiger partial charge in [0, 0.05) is 34.9 Å². The number of amides is 1. The predicted molar refractivity (Wildman–Crippen MR) is 140 cm³/mol. The Balaban J connectivity index is 1.20. The Kier molecular flexibility index (Phi) is 8.45. The molecule has 38 heavy (non-hydrogen) atoms. The fraction of sp³-hybridized carbons (Fsp3) is 0.423. The van der Waals surface area contributed by atoms with Gasteiger partial charge in [0.05, 0.1) is 19.2 Å². The van der Waals surface area contributed by atoms with Gasteiger partial charge in [-0.25, -0.2) is 20.2 Å². The van der Waals surface area contributed by atoms with Gasteiger partial charge >= 0.3 is 0 Å². The molecule has 0 saturated carbocycles. The lowest BCUT2D eigenvalue weighted by Gasteiger charge is -2.32. The van der Waals surface area contributed by atoms with Gasteiger partial charge in [-0.15, -0.1) is 0 Å². The van der Waals surface area contributed by atoms with Crippen LogP contribution in [0.2, 0.25) is 10.2 Å². The highest BCUT2D eigenvalue weighted by molar-refractivity contribution is 6.32. The summed E-state index contributed by atoms with van der Waals surface area (Å²) in [4.78, 5) is 23.8. The van der Waals surface area contributed by atoms with Crippen LogP contribution in [0.25, 0.3) is 0 Å². The molecular formula is C26H29Cl2FN6O3. The van der Waals surface area contributed by atoms with Gasteiger partial charge in [0.1, 0.15) is 23.9 Å². The quantitative estimate of drug-likeness (QED) is 0.230. The molecule has 0 spiro atoms. The third kappa shape index (κ3) is 6.10. The zero-order chi connectivity index (χ0) is 26.6. The van der Waals surface area contributed by atoms with E-state index in [0.717, 1.165) is 38.0 Å². The van der Waals surface area contributed by atoms with Gasteiger partial charge in [-0.1, -0.05) is 35.3 Å². The number of nitrogens with one attached hydrogen (secondary N) is 1. The summed E-state index contributed by atoms with van der Waals surface area (Å²) in [7, 11) is 0. The third-order valence-electron chi connectivity index (χ3n) is 7.04. The highest BCUT2D eigenvalue weighted by Gasteiger charge is 2.29. The Morgan fingerprint density at radius 3 is 2.66 bits per heavy atom. The Morgan fingerprint density at radius 1 is 1.18 bits per heavy atom. The molecule has 9 nitrogen and oxygen atoms in total. The van der Waals surface area contributed by atoms with Crippen LogP contribution in [-0.4, -0.2) is 51.1 Å². The van der Waals surface area contributed by atoms with Gasteiger partial charge in [0.2, 0.25) is 5.88 Å². The van der Waals surface area contributed by atoms with Crippen LogP contribution in [-0.2, 0) is 24.4 Å². The number of hydrogen-bond acceptors (Lipinski definition) is 7. The van der Waals surface area contributed by atoms with Crippen LogP contribution in [0.5, 0.6) is 5.88 Å². The summed E-state index contributed by atoms with van der Waals surface area (Å²) in [6, 6.07) is 10.2. The molecule has 2 aliphatic rings. The van der Waals surface area contributed by atoms with Crippen LogP contribution in [0.4, 0.5) is 4.39 Å². The fourth-order valence-corrected chi connectivity index (χ4v) is 5.26. The lowest BCUT2D eigenvalue weighted by Crippen LogP contribution is -2.38. The summed E-state index contributed by atoms with van der Waals surface area (Å²) in [5.74, 6) is 5.94. The van der Waals surface area contributed by atoms with Crippen LogP contribution in [0.3, 0.4) is 0 Å². The maximum atomic E-state index is 14.1. The monoisotopic (exact) mass is 562 g/mol. The van der Waals surface area contributed by atoms with Gasteiger partial charge in [-0.05, 0) is 50.6 Å². The van der Waals surface area contributed by atoms with Crippen molar-refractivity contribution in [2.24, 2.45) is 5.84 Å². The Labute approximate surface area is 230 Å². The van der Waals surface area contributed by atoms with E-state index in [-0.39, 0.29) is 29.5 Å². The number of aromatic nitrogens is 3. The largest absolute Gasteiger partial charge is 0.473 e. The van der Waals surface area contributed by atoms with Gasteiger partial charge in [-0.2, -0.15) is 0 Å². The first kappa shape index (κ1) is 26.8. The predicted octanol–water partition coefficient (Wildman–Crippen LogP) is 4.08. The first-order chi connectivity index (χ1) is 18.4. The maximum absolute atomic E-state index is 14.1. The van der Waals surface area contributed by atoms with Crippen molar-refractivity contribution < 1.29 is 18.7 Å². The maximum Gasteiger partial charge on any atom is 0.285 e. The molecule has 12 heteroatoms. The minimum Gasteiger partial charge on any atom is -0.473 e. The molecule has 4 heterocycles. The van der Waals surface area contributed by atoms with E-state index in [2.05, 4.69) is 20.3 Å². The lowest BCUT2D eigenvalue weighted by molar-refractivity contribution is -0.0599. The minimum absolute atomic E-state index is 0.0332. The second kappa shape index (κ2) is 12.0. The molecule has 1 atom stereocenters. The van der Waals surface area contributed by atoms with Gasteiger partial charge in [-0.3, -0.25) is 15.1 Å². The molecule has 0 radical (unpaired) electrons. The number of carbonyl (C=O) groups excluding carboxylic acids is 1. The molecule has 2 aliphatic heterocycles. The van der Waals surface area contributed by atoms with E-state index in [1.165, 1.54) is 6.07 Å². The molecule has 1 amide bonds. The first-order valence-electron chi connectivity index (χ1n) is 12.5. The summed E-state index contributed by atoms with van der Waals surface area (Å²) in [5.41, 5.74) is 3.79. The van der Waals surface area contributed by atoms with Crippen molar-refractivity contribution in [3.63, 3.8) is 0 Å². The van der Waals surface area contributed by atoms with Crippen molar-refractivity contribution in [1.29, 1.82) is 0 Å². The zero-order valence-corrected chi connectivity index (χ0v) is 22.2. The molecule has 1 aromatic carbocycles. The zero-order valence-electron chi connectivity index (χ0n) is 20.7. The fourth-order valence-electron chi connectivity index (χ4n) is 4.82. The van der Waals surface area contributed by atoms with Gasteiger partial charge in [0.25, 0.3) is 5.91 Å². The SMILES string of the molecule is NNC(=O)c1c(Cl)nc(CN2CCC(c3cccc(OCc4ccc(Cl)cc4F)n3)CC2)n1C[C@@H]1CCO1. The molecule has 0 unspecified atom stereocenters. The molecule has 3 aromatic rings. The van der Waals surface area contributed by atoms with Crippen molar-refractivity contribution in [3.8, 4) is 5.88 Å². The second-order valence-electron chi connectivity index (χ2n) is 9.51. The van der Waals surface area contributed by atoms with Crippen molar-refractivity contribution in [2.45, 2.75) is 51.0 Å². The number of imidazole rings is 1. The first-order valence-corrected chi connectivity index (χ1v) is 13.3. The van der Waals surface area contributed by atoms with E-state index in [0.29, 0.717) is 42.0 Å². The average Bonchev–Trinajstić information content (AvgIpc) is 3.20. The van der Waals surface area contributed by atoms with Crippen LogP contribution in [0.1, 0.15) is 52.8 Å². The van der Waals surface area contributed by atoms with Crippen LogP contribution >= 0.6 is 23.2 Å². The number of piperidine rings is 1. The summed E-state index contributed by atoms with van der Waals surface area (Å²) in [6.45, 7) is 3.51. The highest BCUT2D eigenvalue weighted by atomic mass is 35.5. The van der Waals surface area contributed by atoms with Crippen LogP contribution in [0.15, 0.2) is 36.4 Å². The molecular weight excluding hydrogens is 534 g/mol. The molecule has 0 aliphatic carbocycles. The number of rotatable bonds is 9. The van der Waals surface area contributed by atoms with E-state index in [1.807, 2.05) is 16.7 Å². The van der Waals surface area contributed by atoms with Crippen molar-refractivity contribution >= 4 is 29.1 Å². The number of nitrogens with two attached hydrogens (primary N) is 1. The summed E-state index contributed by atoms with van der Waals surface area (Å²) >= 11 is 12.2. The van der Waals surface area contributed by atoms with Gasteiger partial charge < -0.3 is 14.0 Å². The second-order valence-corrected chi connectivity index (χ2v) is 10.3. The molecule has 2 saturated heterocycles.